The topological polar surface area (TPSA) is 111 Å². The van der Waals surface area contributed by atoms with Crippen LogP contribution in [0.4, 0.5) is 5.69 Å². The average molecular weight is 453 g/mol. The first-order valence-corrected chi connectivity index (χ1v) is 9.79. The van der Waals surface area contributed by atoms with Gasteiger partial charge < -0.3 is 9.47 Å². The van der Waals surface area contributed by atoms with E-state index < -0.39 is 16.7 Å². The molecule has 0 spiro atoms. The molecule has 0 aromatic heterocycles. The molecule has 2 amide bonds. The molecule has 1 saturated heterocycles. The fourth-order valence-electron chi connectivity index (χ4n) is 3.02. The summed E-state index contributed by atoms with van der Waals surface area (Å²) in [6.07, 6.45) is 2.93. The maximum absolute atomic E-state index is 12.7. The minimum atomic E-state index is -0.601. The van der Waals surface area contributed by atoms with Crippen LogP contribution < -0.4 is 14.8 Å². The Balaban J connectivity index is 1.84. The molecule has 2 aromatic rings. The standard InChI is InChI=1S/C22H19N3O6S/c1-3-10-24-21(27)16(20(26)23-22(24)32)11-14-8-9-18(19(12-14)30-2)31-13-15-6-4-5-7-17(15)25(28)29/h3-9,11-12H,1,10,13H2,2H3,(H,23,26,32). The number of thiocarbonyl (C=S) groups is 1. The first kappa shape index (κ1) is 22.6. The normalized spacial score (nSPS) is 14.8. The number of nitro groups is 1. The molecule has 9 nitrogen and oxygen atoms in total. The van der Waals surface area contributed by atoms with Crippen molar-refractivity contribution < 1.29 is 24.0 Å². The highest BCUT2D eigenvalue weighted by molar-refractivity contribution is 7.80. The summed E-state index contributed by atoms with van der Waals surface area (Å²) in [4.78, 5) is 36.9. The lowest BCUT2D eigenvalue weighted by atomic mass is 10.1. The van der Waals surface area contributed by atoms with Crippen LogP contribution in [0.15, 0.2) is 60.7 Å². The molecule has 1 aliphatic heterocycles. The van der Waals surface area contributed by atoms with Crippen molar-refractivity contribution in [3.05, 3.63) is 81.9 Å². The van der Waals surface area contributed by atoms with E-state index in [1.807, 2.05) is 0 Å². The van der Waals surface area contributed by atoms with E-state index in [4.69, 9.17) is 21.7 Å². The van der Waals surface area contributed by atoms with Crippen molar-refractivity contribution in [2.75, 3.05) is 13.7 Å². The van der Waals surface area contributed by atoms with Gasteiger partial charge in [-0.25, -0.2) is 0 Å². The van der Waals surface area contributed by atoms with Gasteiger partial charge in [-0.15, -0.1) is 6.58 Å². The number of methoxy groups -OCH3 is 1. The summed E-state index contributed by atoms with van der Waals surface area (Å²) in [5, 5.41) is 13.7. The second kappa shape index (κ2) is 9.84. The number of rotatable bonds is 8. The first-order chi connectivity index (χ1) is 15.3. The van der Waals surface area contributed by atoms with Crippen LogP contribution in [0.1, 0.15) is 11.1 Å². The molecular formula is C22H19N3O6S. The lowest BCUT2D eigenvalue weighted by Gasteiger charge is -2.27. The van der Waals surface area contributed by atoms with Crippen LogP contribution in [0.3, 0.4) is 0 Å². The summed E-state index contributed by atoms with van der Waals surface area (Å²) >= 11 is 5.03. The second-order valence-corrected chi connectivity index (χ2v) is 6.99. The van der Waals surface area contributed by atoms with E-state index in [1.54, 1.807) is 36.4 Å². The number of amides is 2. The van der Waals surface area contributed by atoms with Crippen molar-refractivity contribution in [1.29, 1.82) is 0 Å². The van der Waals surface area contributed by atoms with E-state index >= 15 is 0 Å². The Labute approximate surface area is 189 Å². The lowest BCUT2D eigenvalue weighted by molar-refractivity contribution is -0.385. The molecule has 0 saturated carbocycles. The van der Waals surface area contributed by atoms with E-state index in [9.17, 15) is 19.7 Å². The predicted octanol–water partition coefficient (Wildman–Crippen LogP) is 3.00. The minimum absolute atomic E-state index is 0.0217. The fourth-order valence-corrected chi connectivity index (χ4v) is 3.27. The number of ether oxygens (including phenoxy) is 2. The molecule has 0 aliphatic carbocycles. The third-order valence-electron chi connectivity index (χ3n) is 4.57. The Morgan fingerprint density at radius 1 is 1.22 bits per heavy atom. The first-order valence-electron chi connectivity index (χ1n) is 9.38. The van der Waals surface area contributed by atoms with Gasteiger partial charge in [0.05, 0.1) is 17.6 Å². The minimum Gasteiger partial charge on any atom is -0.493 e. The monoisotopic (exact) mass is 453 g/mol. The lowest BCUT2D eigenvalue weighted by Crippen LogP contribution is -2.53. The SMILES string of the molecule is C=CCN1C(=O)C(=Cc2ccc(OCc3ccccc3[N+](=O)[O-])c(OC)c2)C(=O)NC1=S. The van der Waals surface area contributed by atoms with E-state index in [-0.39, 0.29) is 29.5 Å². The summed E-state index contributed by atoms with van der Waals surface area (Å²) in [6.45, 7) is 3.71. The highest BCUT2D eigenvalue weighted by Crippen LogP contribution is 2.31. The largest absolute Gasteiger partial charge is 0.493 e. The number of nitrogens with zero attached hydrogens (tertiary/aromatic N) is 2. The van der Waals surface area contributed by atoms with Crippen molar-refractivity contribution in [3.63, 3.8) is 0 Å². The van der Waals surface area contributed by atoms with Crippen LogP contribution in [-0.2, 0) is 16.2 Å². The van der Waals surface area contributed by atoms with E-state index in [2.05, 4.69) is 11.9 Å². The quantitative estimate of drug-likeness (QED) is 0.163. The third kappa shape index (κ3) is 4.81. The summed E-state index contributed by atoms with van der Waals surface area (Å²) in [5.74, 6) is -0.452. The Kier molecular flexibility index (Phi) is 6.96. The zero-order valence-electron chi connectivity index (χ0n) is 17.1. The van der Waals surface area contributed by atoms with E-state index in [1.165, 1.54) is 30.2 Å². The van der Waals surface area contributed by atoms with Crippen molar-refractivity contribution in [1.82, 2.24) is 10.2 Å². The van der Waals surface area contributed by atoms with Crippen LogP contribution >= 0.6 is 12.2 Å². The van der Waals surface area contributed by atoms with Gasteiger partial charge in [-0.3, -0.25) is 29.9 Å². The molecule has 0 bridgehead atoms. The highest BCUT2D eigenvalue weighted by Gasteiger charge is 2.32. The van der Waals surface area contributed by atoms with Gasteiger partial charge >= 0.3 is 0 Å². The number of benzene rings is 2. The Bertz CT molecular complexity index is 1140. The summed E-state index contributed by atoms with van der Waals surface area (Å²) in [7, 11) is 1.44. The molecule has 0 atom stereocenters. The molecular weight excluding hydrogens is 434 g/mol. The van der Waals surface area contributed by atoms with Crippen LogP contribution in [0, 0.1) is 10.1 Å². The number of hydrogen-bond donors (Lipinski definition) is 1. The molecule has 1 aliphatic rings. The Hall–Kier alpha value is -4.05. The molecule has 0 radical (unpaired) electrons. The zero-order valence-corrected chi connectivity index (χ0v) is 17.9. The van der Waals surface area contributed by atoms with Gasteiger partial charge in [0.2, 0.25) is 0 Å². The Morgan fingerprint density at radius 3 is 2.66 bits per heavy atom. The van der Waals surface area contributed by atoms with Gasteiger partial charge in [-0.2, -0.15) is 0 Å². The number of nitrogens with one attached hydrogen (secondary N) is 1. The number of carbonyl (C=O) groups excluding carboxylic acids is 2. The molecule has 0 unspecified atom stereocenters. The van der Waals surface area contributed by atoms with Crippen LogP contribution in [0.25, 0.3) is 6.08 Å². The highest BCUT2D eigenvalue weighted by atomic mass is 32.1. The van der Waals surface area contributed by atoms with Crippen molar-refractivity contribution in [2.24, 2.45) is 0 Å². The zero-order chi connectivity index (χ0) is 23.3. The summed E-state index contributed by atoms with van der Waals surface area (Å²) in [6, 6.07) is 11.1. The maximum atomic E-state index is 12.7. The molecule has 164 valence electrons. The van der Waals surface area contributed by atoms with Crippen LogP contribution in [0.5, 0.6) is 11.5 Å². The summed E-state index contributed by atoms with van der Waals surface area (Å²) in [5.41, 5.74) is 0.797. The smallest absolute Gasteiger partial charge is 0.276 e. The summed E-state index contributed by atoms with van der Waals surface area (Å²) < 4.78 is 11.1. The predicted molar refractivity (Wildman–Crippen MR) is 121 cm³/mol. The average Bonchev–Trinajstić information content (AvgIpc) is 2.78. The van der Waals surface area contributed by atoms with Crippen LogP contribution in [0.2, 0.25) is 0 Å². The van der Waals surface area contributed by atoms with Gasteiger partial charge in [0.25, 0.3) is 17.5 Å². The van der Waals surface area contributed by atoms with Gasteiger partial charge in [-0.1, -0.05) is 24.3 Å². The maximum Gasteiger partial charge on any atom is 0.276 e. The fraction of sp³-hybridized carbons (Fsp3) is 0.136. The van der Waals surface area contributed by atoms with Crippen LogP contribution in [-0.4, -0.2) is 40.4 Å². The van der Waals surface area contributed by atoms with Crippen molar-refractivity contribution in [2.45, 2.75) is 6.61 Å². The molecule has 2 aromatic carbocycles. The van der Waals surface area contributed by atoms with Gasteiger partial charge in [0, 0.05) is 12.6 Å². The van der Waals surface area contributed by atoms with Gasteiger partial charge in [-0.05, 0) is 42.1 Å². The van der Waals surface area contributed by atoms with Crippen molar-refractivity contribution >= 4 is 40.9 Å². The number of nitro benzene ring substituents is 1. The van der Waals surface area contributed by atoms with E-state index in [0.717, 1.165) is 0 Å². The molecule has 1 N–H and O–H groups in total. The number of carbonyl (C=O) groups is 2. The third-order valence-corrected chi connectivity index (χ3v) is 4.89. The molecule has 1 heterocycles. The Morgan fingerprint density at radius 2 is 1.97 bits per heavy atom. The number of hydrogen-bond acceptors (Lipinski definition) is 7. The van der Waals surface area contributed by atoms with Gasteiger partial charge in [0.15, 0.2) is 16.6 Å². The van der Waals surface area contributed by atoms with Gasteiger partial charge in [0.1, 0.15) is 12.2 Å². The van der Waals surface area contributed by atoms with E-state index in [0.29, 0.717) is 22.6 Å². The molecule has 3 rings (SSSR count). The van der Waals surface area contributed by atoms with Crippen molar-refractivity contribution in [3.8, 4) is 11.5 Å². The second-order valence-electron chi connectivity index (χ2n) is 6.61. The molecule has 10 heteroatoms. The number of para-hydroxylation sites is 1. The molecule has 32 heavy (non-hydrogen) atoms. The molecule has 1 fully saturated rings.